The zero-order chi connectivity index (χ0) is 22.9. The molecule has 0 aliphatic rings. The summed E-state index contributed by atoms with van der Waals surface area (Å²) in [5, 5.41) is 9.21. The Kier molecular flexibility index (Phi) is 11.5. The third-order valence-electron chi connectivity index (χ3n) is 5.04. The van der Waals surface area contributed by atoms with Crippen LogP contribution in [-0.4, -0.2) is 39.9 Å². The minimum atomic E-state index is -0.976. The summed E-state index contributed by atoms with van der Waals surface area (Å²) in [6.45, 7) is 4.79. The first-order valence-electron chi connectivity index (χ1n) is 10.7. The number of hydrogen-bond acceptors (Lipinski definition) is 5. The van der Waals surface area contributed by atoms with Crippen LogP contribution in [0.15, 0.2) is 65.5 Å². The molecule has 8 heteroatoms. The molecule has 2 aromatic carbocycles. The molecule has 0 saturated heterocycles. The Morgan fingerprint density at radius 2 is 1.82 bits per heavy atom. The molecular weight excluding hydrogens is 447 g/mol. The van der Waals surface area contributed by atoms with Gasteiger partial charge in [-0.25, -0.2) is 9.78 Å². The van der Waals surface area contributed by atoms with Gasteiger partial charge in [0.2, 0.25) is 0 Å². The smallest absolute Gasteiger partial charge is 1.00 e. The van der Waals surface area contributed by atoms with Gasteiger partial charge in [0.15, 0.2) is 6.10 Å². The molecule has 0 radical (unpaired) electrons. The van der Waals surface area contributed by atoms with E-state index in [0.29, 0.717) is 43.4 Å². The zero-order valence-corrected chi connectivity index (χ0v) is 22.5. The summed E-state index contributed by atoms with van der Waals surface area (Å²) in [5.74, 6) is 0.388. The van der Waals surface area contributed by atoms with E-state index < -0.39 is 12.1 Å². The van der Waals surface area contributed by atoms with Crippen molar-refractivity contribution in [1.29, 1.82) is 0 Å². The molecule has 7 nitrogen and oxygen atoms in total. The maximum absolute atomic E-state index is 12.7. The Labute approximate surface area is 237 Å². The van der Waals surface area contributed by atoms with Crippen molar-refractivity contribution in [3.8, 4) is 17.0 Å². The van der Waals surface area contributed by atoms with Crippen LogP contribution < -0.4 is 61.7 Å². The van der Waals surface area contributed by atoms with Crippen LogP contribution in [0.4, 0.5) is 0 Å². The summed E-state index contributed by atoms with van der Waals surface area (Å²) in [4.78, 5) is 28.6. The number of aromatic nitrogens is 2. The largest absolute Gasteiger partial charge is 1.00 e. The van der Waals surface area contributed by atoms with E-state index >= 15 is 0 Å². The summed E-state index contributed by atoms with van der Waals surface area (Å²) in [5.41, 5.74) is 2.33. The molecule has 1 N–H and O–H groups in total. The molecule has 3 aromatic rings. The van der Waals surface area contributed by atoms with Crippen molar-refractivity contribution in [1.82, 2.24) is 9.55 Å². The van der Waals surface area contributed by atoms with Crippen LogP contribution in [0.3, 0.4) is 0 Å². The zero-order valence-electron chi connectivity index (χ0n) is 20.4. The van der Waals surface area contributed by atoms with Crippen molar-refractivity contribution < 1.29 is 72.2 Å². The SMILES string of the molecule is CCOC(Cc1ccc(OCCn2c(CC)nc(-c3ccccc3)cc2=O)cc1)C(=O)O.[H-].[K+]. The molecule has 0 aliphatic carbocycles. The number of carboxylic acids is 1. The summed E-state index contributed by atoms with van der Waals surface area (Å²) in [6.07, 6.45) is 0.0605. The van der Waals surface area contributed by atoms with Gasteiger partial charge >= 0.3 is 57.4 Å². The van der Waals surface area contributed by atoms with Crippen molar-refractivity contribution in [2.24, 2.45) is 0 Å². The fourth-order valence-corrected chi connectivity index (χ4v) is 3.43. The van der Waals surface area contributed by atoms with Gasteiger partial charge in [0.25, 0.3) is 5.56 Å². The van der Waals surface area contributed by atoms with Crippen LogP contribution >= 0.6 is 0 Å². The Morgan fingerprint density at radius 3 is 2.42 bits per heavy atom. The number of carboxylic acid groups (broad SMARTS) is 1. The van der Waals surface area contributed by atoms with Gasteiger partial charge in [-0.05, 0) is 24.6 Å². The van der Waals surface area contributed by atoms with E-state index in [1.807, 2.05) is 49.4 Å². The van der Waals surface area contributed by atoms with E-state index in [1.165, 1.54) is 0 Å². The molecule has 170 valence electrons. The Morgan fingerprint density at radius 1 is 1.12 bits per heavy atom. The molecular formula is C25H29KN2O5. The van der Waals surface area contributed by atoms with Gasteiger partial charge in [-0.3, -0.25) is 9.36 Å². The van der Waals surface area contributed by atoms with Crippen LogP contribution in [-0.2, 0) is 28.9 Å². The first kappa shape index (κ1) is 27.4. The molecule has 1 atom stereocenters. The number of aryl methyl sites for hydroxylation is 1. The average Bonchev–Trinajstić information content (AvgIpc) is 2.81. The predicted molar refractivity (Wildman–Crippen MR) is 123 cm³/mol. The Balaban J connectivity index is 0.00000289. The monoisotopic (exact) mass is 476 g/mol. The minimum Gasteiger partial charge on any atom is -1.00 e. The minimum absolute atomic E-state index is 0. The first-order chi connectivity index (χ1) is 15.5. The van der Waals surface area contributed by atoms with Crippen molar-refractivity contribution in [2.45, 2.75) is 39.3 Å². The van der Waals surface area contributed by atoms with Gasteiger partial charge in [0, 0.05) is 31.1 Å². The van der Waals surface area contributed by atoms with Gasteiger partial charge in [0.05, 0.1) is 12.2 Å². The maximum atomic E-state index is 12.7. The topological polar surface area (TPSA) is 90.7 Å². The van der Waals surface area contributed by atoms with Gasteiger partial charge in [-0.2, -0.15) is 0 Å². The number of aliphatic carboxylic acids is 1. The molecule has 0 amide bonds. The van der Waals surface area contributed by atoms with E-state index in [4.69, 9.17) is 9.47 Å². The van der Waals surface area contributed by atoms with E-state index in [0.717, 1.165) is 11.1 Å². The molecule has 0 aliphatic heterocycles. The number of carbonyl (C=O) groups is 1. The fraction of sp³-hybridized carbons (Fsp3) is 0.320. The van der Waals surface area contributed by atoms with Gasteiger partial charge in [0.1, 0.15) is 18.2 Å². The van der Waals surface area contributed by atoms with Crippen LogP contribution in [0.1, 0.15) is 26.7 Å². The number of benzene rings is 2. The molecule has 0 saturated carbocycles. The van der Waals surface area contributed by atoms with Crippen LogP contribution in [0.25, 0.3) is 11.3 Å². The van der Waals surface area contributed by atoms with Crippen LogP contribution in [0, 0.1) is 0 Å². The number of nitrogens with zero attached hydrogens (tertiary/aromatic N) is 2. The molecule has 1 heterocycles. The number of rotatable bonds is 11. The fourth-order valence-electron chi connectivity index (χ4n) is 3.43. The number of hydrogen-bond donors (Lipinski definition) is 1. The molecule has 0 fully saturated rings. The van der Waals surface area contributed by atoms with Crippen LogP contribution in [0.5, 0.6) is 5.75 Å². The second-order valence-electron chi connectivity index (χ2n) is 7.25. The van der Waals surface area contributed by atoms with E-state index in [1.54, 1.807) is 29.7 Å². The van der Waals surface area contributed by atoms with Crippen molar-refractivity contribution in [2.75, 3.05) is 13.2 Å². The van der Waals surface area contributed by atoms with Crippen molar-refractivity contribution in [3.05, 3.63) is 82.4 Å². The second kappa shape index (κ2) is 13.8. The summed E-state index contributed by atoms with van der Waals surface area (Å²) >= 11 is 0. The molecule has 0 spiro atoms. The maximum Gasteiger partial charge on any atom is 1.00 e. The van der Waals surface area contributed by atoms with Gasteiger partial charge < -0.3 is 16.0 Å². The van der Waals surface area contributed by atoms with Crippen molar-refractivity contribution >= 4 is 5.97 Å². The third-order valence-corrected chi connectivity index (χ3v) is 5.04. The van der Waals surface area contributed by atoms with E-state index in [2.05, 4.69) is 4.98 Å². The Hall–Kier alpha value is -1.81. The van der Waals surface area contributed by atoms with Crippen molar-refractivity contribution in [3.63, 3.8) is 0 Å². The predicted octanol–water partition coefficient (Wildman–Crippen LogP) is 0.700. The molecule has 33 heavy (non-hydrogen) atoms. The summed E-state index contributed by atoms with van der Waals surface area (Å²) in [6, 6.07) is 18.4. The van der Waals surface area contributed by atoms with Crippen LogP contribution in [0.2, 0.25) is 0 Å². The van der Waals surface area contributed by atoms with Gasteiger partial charge in [-0.15, -0.1) is 0 Å². The normalized spacial score (nSPS) is 11.5. The second-order valence-corrected chi connectivity index (χ2v) is 7.25. The molecule has 1 aromatic heterocycles. The average molecular weight is 477 g/mol. The van der Waals surface area contributed by atoms with E-state index in [-0.39, 0.29) is 64.8 Å². The first-order valence-corrected chi connectivity index (χ1v) is 10.7. The standard InChI is InChI=1S/C25H28N2O5.K.H/c1-3-23-26-21(19-8-6-5-7-9-19)17-24(28)27(23)14-15-32-20-12-10-18(11-13-20)16-22(25(29)30)31-4-2;;/h5-13,17,22H,3-4,14-16H2,1-2H3,(H,29,30);;/q;+1;-1. The van der Waals surface area contributed by atoms with Gasteiger partial charge in [-0.1, -0.05) is 49.4 Å². The molecule has 0 bridgehead atoms. The quantitative estimate of drug-likeness (QED) is 0.410. The molecule has 3 rings (SSSR count). The van der Waals surface area contributed by atoms with E-state index in [9.17, 15) is 14.7 Å². The molecule has 1 unspecified atom stereocenters. The third kappa shape index (κ3) is 7.87. The summed E-state index contributed by atoms with van der Waals surface area (Å²) in [7, 11) is 0. The summed E-state index contributed by atoms with van der Waals surface area (Å²) < 4.78 is 12.7. The number of ether oxygens (including phenoxy) is 2. The Bertz CT molecular complexity index is 1090.